The Morgan fingerprint density at radius 1 is 1.50 bits per heavy atom. The molecule has 0 heterocycles. The molecule has 0 aliphatic heterocycles. The van der Waals surface area contributed by atoms with Crippen molar-refractivity contribution in [2.24, 2.45) is 0 Å². The Morgan fingerprint density at radius 2 is 2.14 bits per heavy atom. The number of amides is 1. The molecule has 1 rings (SSSR count). The average molecular weight is 187 g/mol. The van der Waals surface area contributed by atoms with Gasteiger partial charge in [0.15, 0.2) is 0 Å². The summed E-state index contributed by atoms with van der Waals surface area (Å²) in [6.45, 7) is 1.94. The molecule has 1 N–H and O–H groups in total. The molecule has 14 heavy (non-hydrogen) atoms. The van der Waals surface area contributed by atoms with E-state index in [4.69, 9.17) is 6.42 Å². The summed E-state index contributed by atoms with van der Waals surface area (Å²) in [6.07, 6.45) is 5.99. The van der Waals surface area contributed by atoms with Gasteiger partial charge in [-0.25, -0.2) is 0 Å². The van der Waals surface area contributed by atoms with Crippen LogP contribution in [0.5, 0.6) is 0 Å². The summed E-state index contributed by atoms with van der Waals surface area (Å²) < 4.78 is 0. The molecule has 1 amide bonds. The molecule has 0 spiro atoms. The standard InChI is InChI=1S/C12H13NO/c1-3-11(4-2)13-12(14)10-8-6-5-7-9-10/h1,5-9,11H,4H2,2H3,(H,13,14)/t11-/m1/s1. The van der Waals surface area contributed by atoms with E-state index in [-0.39, 0.29) is 11.9 Å². The second kappa shape index (κ2) is 5.08. The molecule has 1 atom stereocenters. The van der Waals surface area contributed by atoms with Crippen LogP contribution in [0.1, 0.15) is 23.7 Å². The summed E-state index contributed by atoms with van der Waals surface area (Å²) in [4.78, 5) is 11.6. The van der Waals surface area contributed by atoms with Crippen molar-refractivity contribution >= 4 is 5.91 Å². The third kappa shape index (κ3) is 2.63. The molecule has 0 aliphatic rings. The van der Waals surface area contributed by atoms with E-state index < -0.39 is 0 Å². The highest BCUT2D eigenvalue weighted by molar-refractivity contribution is 5.94. The van der Waals surface area contributed by atoms with Crippen molar-refractivity contribution in [2.45, 2.75) is 19.4 Å². The van der Waals surface area contributed by atoms with Crippen LogP contribution in [-0.4, -0.2) is 11.9 Å². The predicted molar refractivity (Wildman–Crippen MR) is 56.8 cm³/mol. The van der Waals surface area contributed by atoms with Crippen LogP contribution >= 0.6 is 0 Å². The van der Waals surface area contributed by atoms with Crippen molar-refractivity contribution in [1.82, 2.24) is 5.32 Å². The molecule has 72 valence electrons. The maximum Gasteiger partial charge on any atom is 0.252 e. The number of benzene rings is 1. The quantitative estimate of drug-likeness (QED) is 0.719. The molecule has 0 saturated heterocycles. The largest absolute Gasteiger partial charge is 0.338 e. The van der Waals surface area contributed by atoms with Crippen LogP contribution in [0, 0.1) is 12.3 Å². The van der Waals surface area contributed by atoms with Crippen LogP contribution in [0.2, 0.25) is 0 Å². The van der Waals surface area contributed by atoms with E-state index in [0.717, 1.165) is 6.42 Å². The van der Waals surface area contributed by atoms with Gasteiger partial charge >= 0.3 is 0 Å². The monoisotopic (exact) mass is 187 g/mol. The van der Waals surface area contributed by atoms with Gasteiger partial charge in [0.25, 0.3) is 5.91 Å². The number of rotatable bonds is 3. The third-order valence-corrected chi connectivity index (χ3v) is 1.95. The highest BCUT2D eigenvalue weighted by Crippen LogP contribution is 1.99. The van der Waals surface area contributed by atoms with E-state index in [1.807, 2.05) is 25.1 Å². The number of carbonyl (C=O) groups excluding carboxylic acids is 1. The number of carbonyl (C=O) groups is 1. The second-order valence-electron chi connectivity index (χ2n) is 2.97. The minimum atomic E-state index is -0.178. The number of hydrogen-bond acceptors (Lipinski definition) is 1. The van der Waals surface area contributed by atoms with Gasteiger partial charge in [-0.15, -0.1) is 6.42 Å². The first-order chi connectivity index (χ1) is 6.77. The van der Waals surface area contributed by atoms with Gasteiger partial charge in [-0.05, 0) is 18.6 Å². The maximum atomic E-state index is 11.6. The lowest BCUT2D eigenvalue weighted by atomic mass is 10.2. The van der Waals surface area contributed by atoms with Crippen molar-refractivity contribution in [3.63, 3.8) is 0 Å². The van der Waals surface area contributed by atoms with Crippen LogP contribution in [0.25, 0.3) is 0 Å². The minimum absolute atomic E-state index is 0.115. The Labute approximate surface area is 84.3 Å². The van der Waals surface area contributed by atoms with Gasteiger partial charge in [-0.2, -0.15) is 0 Å². The molecular weight excluding hydrogens is 174 g/mol. The fourth-order valence-electron chi connectivity index (χ4n) is 1.09. The van der Waals surface area contributed by atoms with Crippen LogP contribution in [0.3, 0.4) is 0 Å². The van der Waals surface area contributed by atoms with Gasteiger partial charge in [-0.3, -0.25) is 4.79 Å². The van der Waals surface area contributed by atoms with Gasteiger partial charge < -0.3 is 5.32 Å². The third-order valence-electron chi connectivity index (χ3n) is 1.95. The van der Waals surface area contributed by atoms with Crippen molar-refractivity contribution in [3.8, 4) is 12.3 Å². The molecular formula is C12H13NO. The summed E-state index contributed by atoms with van der Waals surface area (Å²) in [5.41, 5.74) is 0.640. The number of hydrogen-bond donors (Lipinski definition) is 1. The first kappa shape index (κ1) is 10.3. The van der Waals surface area contributed by atoms with Crippen LogP contribution < -0.4 is 5.32 Å². The highest BCUT2D eigenvalue weighted by atomic mass is 16.1. The fourth-order valence-corrected chi connectivity index (χ4v) is 1.09. The first-order valence-corrected chi connectivity index (χ1v) is 4.60. The SMILES string of the molecule is C#C[C@H](CC)NC(=O)c1ccccc1. The van der Waals surface area contributed by atoms with E-state index >= 15 is 0 Å². The van der Waals surface area contributed by atoms with Crippen molar-refractivity contribution in [1.29, 1.82) is 0 Å². The van der Waals surface area contributed by atoms with Gasteiger partial charge in [0.2, 0.25) is 0 Å². The Morgan fingerprint density at radius 3 is 2.64 bits per heavy atom. The van der Waals surface area contributed by atoms with Gasteiger partial charge in [-0.1, -0.05) is 31.0 Å². The molecule has 0 bridgehead atoms. The maximum absolute atomic E-state index is 11.6. The Hall–Kier alpha value is -1.75. The molecule has 0 fully saturated rings. The van der Waals surface area contributed by atoms with Gasteiger partial charge in [0, 0.05) is 5.56 Å². The summed E-state index contributed by atoms with van der Waals surface area (Å²) >= 11 is 0. The molecule has 2 heteroatoms. The molecule has 0 aromatic heterocycles. The first-order valence-electron chi connectivity index (χ1n) is 4.60. The summed E-state index contributed by atoms with van der Waals surface area (Å²) in [5.74, 6) is 2.41. The lowest BCUT2D eigenvalue weighted by molar-refractivity contribution is 0.0945. The smallest absolute Gasteiger partial charge is 0.252 e. The second-order valence-corrected chi connectivity index (χ2v) is 2.97. The average Bonchev–Trinajstić information content (AvgIpc) is 2.26. The molecule has 0 radical (unpaired) electrons. The zero-order chi connectivity index (χ0) is 10.4. The topological polar surface area (TPSA) is 29.1 Å². The van der Waals surface area contributed by atoms with Crippen LogP contribution in [0.15, 0.2) is 30.3 Å². The van der Waals surface area contributed by atoms with Crippen molar-refractivity contribution < 1.29 is 4.79 Å². The molecule has 0 aliphatic carbocycles. The summed E-state index contributed by atoms with van der Waals surface area (Å²) in [7, 11) is 0. The zero-order valence-corrected chi connectivity index (χ0v) is 8.16. The number of nitrogens with one attached hydrogen (secondary N) is 1. The summed E-state index contributed by atoms with van der Waals surface area (Å²) in [6, 6.07) is 8.87. The predicted octanol–water partition coefficient (Wildman–Crippen LogP) is 1.83. The van der Waals surface area contributed by atoms with E-state index in [1.54, 1.807) is 12.1 Å². The fraction of sp³-hybridized carbons (Fsp3) is 0.250. The highest BCUT2D eigenvalue weighted by Gasteiger charge is 2.08. The molecule has 1 aromatic rings. The van der Waals surface area contributed by atoms with Crippen LogP contribution in [-0.2, 0) is 0 Å². The number of terminal acetylenes is 1. The lowest BCUT2D eigenvalue weighted by Gasteiger charge is -2.10. The minimum Gasteiger partial charge on any atom is -0.338 e. The normalized spacial score (nSPS) is 11.4. The Bertz CT molecular complexity index is 337. The van der Waals surface area contributed by atoms with Gasteiger partial charge in [0.1, 0.15) is 0 Å². The molecule has 0 unspecified atom stereocenters. The molecule has 2 nitrogen and oxygen atoms in total. The van der Waals surface area contributed by atoms with E-state index in [9.17, 15) is 4.79 Å². The van der Waals surface area contributed by atoms with E-state index in [1.165, 1.54) is 0 Å². The van der Waals surface area contributed by atoms with E-state index in [2.05, 4.69) is 11.2 Å². The van der Waals surface area contributed by atoms with Crippen molar-refractivity contribution in [2.75, 3.05) is 0 Å². The van der Waals surface area contributed by atoms with Gasteiger partial charge in [0.05, 0.1) is 6.04 Å². The molecule has 0 saturated carbocycles. The lowest BCUT2D eigenvalue weighted by Crippen LogP contribution is -2.33. The molecule has 1 aromatic carbocycles. The Balaban J connectivity index is 2.64. The van der Waals surface area contributed by atoms with Crippen molar-refractivity contribution in [3.05, 3.63) is 35.9 Å². The summed E-state index contributed by atoms with van der Waals surface area (Å²) in [5, 5.41) is 2.76. The van der Waals surface area contributed by atoms with Crippen LogP contribution in [0.4, 0.5) is 0 Å². The zero-order valence-electron chi connectivity index (χ0n) is 8.16. The van der Waals surface area contributed by atoms with E-state index in [0.29, 0.717) is 5.56 Å². The Kier molecular flexibility index (Phi) is 3.75.